The number of nitrogens with two attached hydrogens (primary N) is 1. The van der Waals surface area contributed by atoms with E-state index in [4.69, 9.17) is 22.2 Å². The number of benzene rings is 1. The third-order valence-corrected chi connectivity index (χ3v) is 3.30. The second kappa shape index (κ2) is 7.69. The maximum atomic E-state index is 13.8. The summed E-state index contributed by atoms with van der Waals surface area (Å²) in [6, 6.07) is 4.84. The Morgan fingerprint density at radius 1 is 1.50 bits per heavy atom. The first kappa shape index (κ1) is 15.4. The molecule has 0 aliphatic heterocycles. The topological polar surface area (TPSA) is 47.3 Å². The molecule has 1 aromatic carbocycles. The van der Waals surface area contributed by atoms with Crippen LogP contribution in [0.5, 0.6) is 0 Å². The number of hydrazine groups is 1. The van der Waals surface area contributed by atoms with Gasteiger partial charge in [0.25, 0.3) is 0 Å². The molecular formula is C13H20ClFN2O. The highest BCUT2D eigenvalue weighted by molar-refractivity contribution is 6.30. The molecule has 3 nitrogen and oxygen atoms in total. The van der Waals surface area contributed by atoms with Crippen molar-refractivity contribution in [2.45, 2.75) is 38.3 Å². The molecule has 18 heavy (non-hydrogen) atoms. The van der Waals surface area contributed by atoms with Crippen LogP contribution in [0.2, 0.25) is 5.02 Å². The lowest BCUT2D eigenvalue weighted by Gasteiger charge is -2.25. The van der Waals surface area contributed by atoms with Gasteiger partial charge in [0, 0.05) is 7.11 Å². The lowest BCUT2D eigenvalue weighted by atomic mass is 9.98. The molecule has 1 aromatic rings. The van der Waals surface area contributed by atoms with Crippen molar-refractivity contribution in [1.82, 2.24) is 5.43 Å². The second-order valence-corrected chi connectivity index (χ2v) is 4.66. The van der Waals surface area contributed by atoms with Gasteiger partial charge in [-0.1, -0.05) is 37.1 Å². The molecule has 1 rings (SSSR count). The molecule has 0 saturated carbocycles. The van der Waals surface area contributed by atoms with Gasteiger partial charge in [0.15, 0.2) is 0 Å². The number of ether oxygens (including phenoxy) is 1. The van der Waals surface area contributed by atoms with E-state index in [9.17, 15) is 4.39 Å². The molecule has 0 fully saturated rings. The summed E-state index contributed by atoms with van der Waals surface area (Å²) in [6.45, 7) is 2.07. The third-order valence-electron chi connectivity index (χ3n) is 3.01. The monoisotopic (exact) mass is 274 g/mol. The van der Waals surface area contributed by atoms with Crippen molar-refractivity contribution in [3.63, 3.8) is 0 Å². The highest BCUT2D eigenvalue weighted by atomic mass is 35.5. The number of rotatable bonds is 7. The van der Waals surface area contributed by atoms with Crippen LogP contribution in [0.4, 0.5) is 4.39 Å². The molecule has 0 amide bonds. The van der Waals surface area contributed by atoms with Crippen LogP contribution in [-0.4, -0.2) is 19.3 Å². The van der Waals surface area contributed by atoms with E-state index in [0.29, 0.717) is 12.0 Å². The van der Waals surface area contributed by atoms with Crippen molar-refractivity contribution in [3.05, 3.63) is 34.6 Å². The fourth-order valence-corrected chi connectivity index (χ4v) is 2.20. The molecule has 3 N–H and O–H groups in total. The first-order chi connectivity index (χ1) is 8.63. The zero-order chi connectivity index (χ0) is 13.5. The molecule has 5 heteroatoms. The normalized spacial score (nSPS) is 14.5. The zero-order valence-electron chi connectivity index (χ0n) is 10.7. The lowest BCUT2D eigenvalue weighted by molar-refractivity contribution is 0.0607. The van der Waals surface area contributed by atoms with Crippen LogP contribution in [0.3, 0.4) is 0 Å². The van der Waals surface area contributed by atoms with E-state index in [1.165, 1.54) is 6.07 Å². The van der Waals surface area contributed by atoms with Crippen LogP contribution in [-0.2, 0) is 11.2 Å². The molecule has 0 aliphatic carbocycles. The fraction of sp³-hybridized carbons (Fsp3) is 0.538. The summed E-state index contributed by atoms with van der Waals surface area (Å²) in [5.74, 6) is 5.15. The van der Waals surface area contributed by atoms with Gasteiger partial charge in [0.2, 0.25) is 0 Å². The molecule has 2 atom stereocenters. The highest BCUT2D eigenvalue weighted by Crippen LogP contribution is 2.20. The Hall–Kier alpha value is -0.680. The third kappa shape index (κ3) is 3.92. The molecular weight excluding hydrogens is 255 g/mol. The summed E-state index contributed by atoms with van der Waals surface area (Å²) in [5, 5.41) is 0.132. The predicted molar refractivity (Wildman–Crippen MR) is 71.9 cm³/mol. The predicted octanol–water partition coefficient (Wildman–Crippen LogP) is 2.67. The van der Waals surface area contributed by atoms with Crippen LogP contribution in [0.25, 0.3) is 0 Å². The van der Waals surface area contributed by atoms with E-state index in [-0.39, 0.29) is 23.0 Å². The Morgan fingerprint density at radius 2 is 2.22 bits per heavy atom. The van der Waals surface area contributed by atoms with Crippen molar-refractivity contribution in [2.75, 3.05) is 7.11 Å². The molecule has 0 radical (unpaired) electrons. The van der Waals surface area contributed by atoms with E-state index in [1.807, 2.05) is 0 Å². The SMILES string of the molecule is CCCC(OC)C(Cc1cccc(Cl)c1F)NN. The van der Waals surface area contributed by atoms with Crippen LogP contribution in [0.1, 0.15) is 25.3 Å². The molecule has 0 aromatic heterocycles. The smallest absolute Gasteiger partial charge is 0.145 e. The van der Waals surface area contributed by atoms with Crippen LogP contribution < -0.4 is 11.3 Å². The van der Waals surface area contributed by atoms with Crippen molar-refractivity contribution >= 4 is 11.6 Å². The molecule has 0 heterocycles. The maximum Gasteiger partial charge on any atom is 0.145 e. The second-order valence-electron chi connectivity index (χ2n) is 4.25. The largest absolute Gasteiger partial charge is 0.380 e. The minimum atomic E-state index is -0.384. The number of nitrogens with one attached hydrogen (secondary N) is 1. The van der Waals surface area contributed by atoms with E-state index < -0.39 is 0 Å². The van der Waals surface area contributed by atoms with Gasteiger partial charge in [-0.2, -0.15) is 0 Å². The summed E-state index contributed by atoms with van der Waals surface area (Å²) in [7, 11) is 1.64. The van der Waals surface area contributed by atoms with Gasteiger partial charge in [0.05, 0.1) is 17.2 Å². The highest BCUT2D eigenvalue weighted by Gasteiger charge is 2.21. The number of hydrogen-bond donors (Lipinski definition) is 2. The maximum absolute atomic E-state index is 13.8. The van der Waals surface area contributed by atoms with Gasteiger partial charge in [-0.3, -0.25) is 11.3 Å². The average Bonchev–Trinajstić information content (AvgIpc) is 2.38. The average molecular weight is 275 g/mol. The van der Waals surface area contributed by atoms with Crippen LogP contribution in [0, 0.1) is 5.82 Å². The summed E-state index contributed by atoms with van der Waals surface area (Å²) in [5.41, 5.74) is 3.24. The summed E-state index contributed by atoms with van der Waals surface area (Å²) < 4.78 is 19.2. The Balaban J connectivity index is 2.81. The first-order valence-corrected chi connectivity index (χ1v) is 6.43. The Morgan fingerprint density at radius 3 is 2.78 bits per heavy atom. The van der Waals surface area contributed by atoms with Gasteiger partial charge in [-0.05, 0) is 24.5 Å². The molecule has 0 bridgehead atoms. The number of methoxy groups -OCH3 is 1. The van der Waals surface area contributed by atoms with Crippen molar-refractivity contribution in [1.29, 1.82) is 0 Å². The molecule has 0 saturated heterocycles. The molecule has 0 spiro atoms. The summed E-state index contributed by atoms with van der Waals surface area (Å²) in [6.07, 6.45) is 2.25. The van der Waals surface area contributed by atoms with E-state index in [2.05, 4.69) is 12.3 Å². The van der Waals surface area contributed by atoms with Crippen LogP contribution >= 0.6 is 11.6 Å². The van der Waals surface area contributed by atoms with E-state index >= 15 is 0 Å². The molecule has 0 aliphatic rings. The Labute approximate surface area is 112 Å². The van der Waals surface area contributed by atoms with Crippen LogP contribution in [0.15, 0.2) is 18.2 Å². The van der Waals surface area contributed by atoms with Gasteiger partial charge in [-0.25, -0.2) is 4.39 Å². The first-order valence-electron chi connectivity index (χ1n) is 6.05. The minimum absolute atomic E-state index is 0.0432. The van der Waals surface area contributed by atoms with Gasteiger partial charge < -0.3 is 4.74 Å². The van der Waals surface area contributed by atoms with E-state index in [1.54, 1.807) is 19.2 Å². The number of halogens is 2. The minimum Gasteiger partial charge on any atom is -0.380 e. The zero-order valence-corrected chi connectivity index (χ0v) is 11.5. The lowest BCUT2D eigenvalue weighted by Crippen LogP contribution is -2.46. The van der Waals surface area contributed by atoms with Gasteiger partial charge in [-0.15, -0.1) is 0 Å². The van der Waals surface area contributed by atoms with Crippen molar-refractivity contribution in [3.8, 4) is 0 Å². The standard InChI is InChI=1S/C13H20ClFN2O/c1-3-5-12(18-2)11(17-16)8-9-6-4-7-10(14)13(9)15/h4,6-7,11-12,17H,3,5,8,16H2,1-2H3. The van der Waals surface area contributed by atoms with Crippen molar-refractivity contribution in [2.24, 2.45) is 5.84 Å². The molecule has 2 unspecified atom stereocenters. The Bertz CT molecular complexity index is 376. The fourth-order valence-electron chi connectivity index (χ4n) is 2.01. The van der Waals surface area contributed by atoms with Crippen molar-refractivity contribution < 1.29 is 9.13 Å². The molecule has 102 valence electrons. The summed E-state index contributed by atoms with van der Waals surface area (Å²) in [4.78, 5) is 0. The van der Waals surface area contributed by atoms with E-state index in [0.717, 1.165) is 12.8 Å². The van der Waals surface area contributed by atoms with Gasteiger partial charge in [0.1, 0.15) is 5.82 Å². The summed E-state index contributed by atoms with van der Waals surface area (Å²) >= 11 is 5.76. The number of hydrogen-bond acceptors (Lipinski definition) is 3. The van der Waals surface area contributed by atoms with Gasteiger partial charge >= 0.3 is 0 Å². The Kier molecular flexibility index (Phi) is 6.57. The quantitative estimate of drug-likeness (QED) is 0.594.